The third kappa shape index (κ3) is 7.21. The molecule has 1 fully saturated rings. The lowest BCUT2D eigenvalue weighted by Gasteiger charge is -2.29. The summed E-state index contributed by atoms with van der Waals surface area (Å²) >= 11 is 0. The van der Waals surface area contributed by atoms with Crippen molar-refractivity contribution in [1.29, 1.82) is 0 Å². The van der Waals surface area contributed by atoms with Gasteiger partial charge in [-0.05, 0) is 31.6 Å². The molecule has 0 spiro atoms. The number of rotatable bonds is 7. The van der Waals surface area contributed by atoms with Gasteiger partial charge in [0, 0.05) is 12.6 Å². The lowest BCUT2D eigenvalue weighted by Crippen LogP contribution is -2.35. The van der Waals surface area contributed by atoms with E-state index in [1.54, 1.807) is 0 Å². The Balaban J connectivity index is 1.98. The minimum atomic E-state index is -4.21. The van der Waals surface area contributed by atoms with Gasteiger partial charge in [-0.25, -0.2) is 0 Å². The van der Waals surface area contributed by atoms with Crippen molar-refractivity contribution in [2.24, 2.45) is 5.92 Å². The van der Waals surface area contributed by atoms with E-state index in [-0.39, 0.29) is 6.61 Å². The lowest BCUT2D eigenvalue weighted by molar-refractivity contribution is -0.173. The first-order chi connectivity index (χ1) is 8.51. The van der Waals surface area contributed by atoms with Gasteiger partial charge in [-0.1, -0.05) is 19.8 Å². The number of hydrogen-bond donors (Lipinski definition) is 1. The molecule has 0 aliphatic heterocycles. The van der Waals surface area contributed by atoms with Gasteiger partial charge >= 0.3 is 6.18 Å². The largest absolute Gasteiger partial charge is 0.411 e. The first kappa shape index (κ1) is 15.8. The molecule has 0 aromatic heterocycles. The molecule has 0 amide bonds. The second-order valence-corrected chi connectivity index (χ2v) is 5.13. The maximum Gasteiger partial charge on any atom is 0.411 e. The van der Waals surface area contributed by atoms with Crippen molar-refractivity contribution >= 4 is 0 Å². The van der Waals surface area contributed by atoms with E-state index in [1.165, 1.54) is 25.7 Å². The Labute approximate surface area is 107 Å². The topological polar surface area (TPSA) is 21.3 Å². The molecule has 2 nitrogen and oxygen atoms in total. The van der Waals surface area contributed by atoms with Gasteiger partial charge in [0.05, 0.1) is 6.61 Å². The zero-order chi connectivity index (χ0) is 13.4. The molecule has 1 aliphatic rings. The Morgan fingerprint density at radius 3 is 2.39 bits per heavy atom. The van der Waals surface area contributed by atoms with Crippen LogP contribution in [-0.4, -0.2) is 32.0 Å². The van der Waals surface area contributed by atoms with Crippen LogP contribution in [-0.2, 0) is 4.74 Å². The van der Waals surface area contributed by atoms with Crippen LogP contribution in [0.4, 0.5) is 13.2 Å². The number of alkyl halides is 3. The molecule has 1 rings (SSSR count). The van der Waals surface area contributed by atoms with Gasteiger partial charge < -0.3 is 10.1 Å². The molecular formula is C13H24F3NO. The zero-order valence-electron chi connectivity index (χ0n) is 11.1. The molecule has 0 saturated heterocycles. The Kier molecular flexibility index (Phi) is 7.00. The number of hydrogen-bond acceptors (Lipinski definition) is 2. The standard InChI is InChI=1S/C13H24F3NO/c1-2-3-11-4-6-12(7-5-11)17-8-9-18-10-13(14,15)16/h11-12,17H,2-10H2,1H3. The van der Waals surface area contributed by atoms with Crippen molar-refractivity contribution < 1.29 is 17.9 Å². The Morgan fingerprint density at radius 1 is 1.17 bits per heavy atom. The van der Waals surface area contributed by atoms with Gasteiger partial charge in [-0.3, -0.25) is 0 Å². The van der Waals surface area contributed by atoms with E-state index in [4.69, 9.17) is 0 Å². The third-order valence-corrected chi connectivity index (χ3v) is 3.49. The molecular weight excluding hydrogens is 243 g/mol. The van der Waals surface area contributed by atoms with E-state index in [0.717, 1.165) is 18.8 Å². The molecule has 0 radical (unpaired) electrons. The van der Waals surface area contributed by atoms with Crippen LogP contribution in [0, 0.1) is 5.92 Å². The molecule has 0 aromatic carbocycles. The summed E-state index contributed by atoms with van der Waals surface area (Å²) in [5, 5.41) is 3.28. The Bertz CT molecular complexity index is 213. The molecule has 0 aromatic rings. The van der Waals surface area contributed by atoms with Crippen molar-refractivity contribution in [1.82, 2.24) is 5.32 Å². The van der Waals surface area contributed by atoms with Gasteiger partial charge in [-0.2, -0.15) is 13.2 Å². The van der Waals surface area contributed by atoms with Gasteiger partial charge in [0.25, 0.3) is 0 Å². The highest BCUT2D eigenvalue weighted by atomic mass is 19.4. The van der Waals surface area contributed by atoms with Gasteiger partial charge in [-0.15, -0.1) is 0 Å². The highest BCUT2D eigenvalue weighted by molar-refractivity contribution is 4.76. The van der Waals surface area contributed by atoms with Crippen LogP contribution in [0.3, 0.4) is 0 Å². The van der Waals surface area contributed by atoms with Crippen molar-refractivity contribution in [3.63, 3.8) is 0 Å². The first-order valence-electron chi connectivity index (χ1n) is 6.89. The normalized spacial score (nSPS) is 25.3. The van der Waals surface area contributed by atoms with E-state index in [0.29, 0.717) is 12.6 Å². The Morgan fingerprint density at radius 2 is 1.83 bits per heavy atom. The Hall–Kier alpha value is -0.290. The predicted molar refractivity (Wildman–Crippen MR) is 65.5 cm³/mol. The highest BCUT2D eigenvalue weighted by Crippen LogP contribution is 2.27. The molecule has 1 N–H and O–H groups in total. The fourth-order valence-electron chi connectivity index (χ4n) is 2.59. The summed E-state index contributed by atoms with van der Waals surface area (Å²) in [5.41, 5.74) is 0. The first-order valence-corrected chi connectivity index (χ1v) is 6.89. The zero-order valence-corrected chi connectivity index (χ0v) is 11.1. The summed E-state index contributed by atoms with van der Waals surface area (Å²) in [6.07, 6.45) is 3.12. The van der Waals surface area contributed by atoms with Crippen LogP contribution in [0.25, 0.3) is 0 Å². The summed E-state index contributed by atoms with van der Waals surface area (Å²) < 4.78 is 40.0. The maximum absolute atomic E-state index is 11.8. The monoisotopic (exact) mass is 267 g/mol. The second kappa shape index (κ2) is 8.00. The maximum atomic E-state index is 11.8. The molecule has 0 bridgehead atoms. The average molecular weight is 267 g/mol. The molecule has 108 valence electrons. The molecule has 0 heterocycles. The van der Waals surface area contributed by atoms with Crippen LogP contribution in [0.5, 0.6) is 0 Å². The van der Waals surface area contributed by atoms with Crippen molar-refractivity contribution in [3.8, 4) is 0 Å². The second-order valence-electron chi connectivity index (χ2n) is 5.13. The van der Waals surface area contributed by atoms with Crippen LogP contribution < -0.4 is 5.32 Å². The van der Waals surface area contributed by atoms with Gasteiger partial charge in [0.15, 0.2) is 0 Å². The quantitative estimate of drug-likeness (QED) is 0.713. The molecule has 1 aliphatic carbocycles. The third-order valence-electron chi connectivity index (χ3n) is 3.49. The fraction of sp³-hybridized carbons (Fsp3) is 1.00. The van der Waals surface area contributed by atoms with Crippen LogP contribution >= 0.6 is 0 Å². The molecule has 18 heavy (non-hydrogen) atoms. The van der Waals surface area contributed by atoms with Crippen LogP contribution in [0.1, 0.15) is 45.4 Å². The van der Waals surface area contributed by atoms with E-state index >= 15 is 0 Å². The van der Waals surface area contributed by atoms with Crippen molar-refractivity contribution in [2.45, 2.75) is 57.7 Å². The molecule has 0 atom stereocenters. The predicted octanol–water partition coefficient (Wildman–Crippen LogP) is 3.51. The smallest absolute Gasteiger partial charge is 0.371 e. The van der Waals surface area contributed by atoms with Crippen LogP contribution in [0.15, 0.2) is 0 Å². The summed E-state index contributed by atoms with van der Waals surface area (Å²) in [7, 11) is 0. The van der Waals surface area contributed by atoms with Gasteiger partial charge in [0.1, 0.15) is 6.61 Å². The lowest BCUT2D eigenvalue weighted by atomic mass is 9.83. The SMILES string of the molecule is CCCC1CCC(NCCOCC(F)(F)F)CC1. The summed E-state index contributed by atoms with van der Waals surface area (Å²) in [4.78, 5) is 0. The van der Waals surface area contributed by atoms with E-state index < -0.39 is 12.8 Å². The van der Waals surface area contributed by atoms with E-state index in [2.05, 4.69) is 17.0 Å². The minimum Gasteiger partial charge on any atom is -0.371 e. The number of halogens is 3. The summed E-state index contributed by atoms with van der Waals surface area (Å²) in [6.45, 7) is 1.72. The van der Waals surface area contributed by atoms with Crippen molar-refractivity contribution in [2.75, 3.05) is 19.8 Å². The van der Waals surface area contributed by atoms with Crippen molar-refractivity contribution in [3.05, 3.63) is 0 Å². The average Bonchev–Trinajstić information content (AvgIpc) is 2.30. The molecule has 1 saturated carbocycles. The number of ether oxygens (including phenoxy) is 1. The summed E-state index contributed by atoms with van der Waals surface area (Å²) in [5.74, 6) is 0.856. The van der Waals surface area contributed by atoms with E-state index in [1.807, 2.05) is 0 Å². The minimum absolute atomic E-state index is 0.133. The van der Waals surface area contributed by atoms with Gasteiger partial charge in [0.2, 0.25) is 0 Å². The fourth-order valence-corrected chi connectivity index (χ4v) is 2.59. The van der Waals surface area contributed by atoms with E-state index in [9.17, 15) is 13.2 Å². The highest BCUT2D eigenvalue weighted by Gasteiger charge is 2.27. The number of nitrogens with one attached hydrogen (secondary N) is 1. The van der Waals surface area contributed by atoms with Crippen LogP contribution in [0.2, 0.25) is 0 Å². The molecule has 0 unspecified atom stereocenters. The molecule has 5 heteroatoms. The summed E-state index contributed by atoms with van der Waals surface area (Å²) in [6, 6.07) is 0.465.